The van der Waals surface area contributed by atoms with Gasteiger partial charge in [0.2, 0.25) is 0 Å². The first-order valence-electron chi connectivity index (χ1n) is 4.70. The van der Waals surface area contributed by atoms with E-state index in [-0.39, 0.29) is 12.8 Å². The van der Waals surface area contributed by atoms with Gasteiger partial charge in [-0.05, 0) is 0 Å². The second-order valence-corrected chi connectivity index (χ2v) is 3.02. The molecule has 0 amide bonds. The van der Waals surface area contributed by atoms with Gasteiger partial charge in [-0.2, -0.15) is 0 Å². The second kappa shape index (κ2) is 8.46. The molecule has 0 heterocycles. The van der Waals surface area contributed by atoms with E-state index in [0.717, 1.165) is 13.1 Å². The van der Waals surface area contributed by atoms with Crippen LogP contribution in [0.1, 0.15) is 12.8 Å². The summed E-state index contributed by atoms with van der Waals surface area (Å²) in [7, 11) is 0. The minimum Gasteiger partial charge on any atom is -0.481 e. The maximum absolute atomic E-state index is 10.1. The number of rotatable bonds is 9. The summed E-state index contributed by atoms with van der Waals surface area (Å²) in [6.07, 6.45) is 0.351. The highest BCUT2D eigenvalue weighted by atomic mass is 16.4. The lowest BCUT2D eigenvalue weighted by Gasteiger charge is -1.99. The molecule has 0 saturated heterocycles. The van der Waals surface area contributed by atoms with Crippen molar-refractivity contribution in [2.75, 3.05) is 26.2 Å². The van der Waals surface area contributed by atoms with Crippen LogP contribution in [0, 0.1) is 0 Å². The highest BCUT2D eigenvalue weighted by Crippen LogP contribution is 1.68. The third-order valence-corrected chi connectivity index (χ3v) is 1.70. The van der Waals surface area contributed by atoms with E-state index in [1.807, 2.05) is 10.6 Å². The summed E-state index contributed by atoms with van der Waals surface area (Å²) in [5, 5.41) is 20.5. The lowest BCUT2D eigenvalue weighted by Crippen LogP contribution is -2.95. The van der Waals surface area contributed by atoms with Gasteiger partial charge in [0.05, 0.1) is 25.9 Å². The third kappa shape index (κ3) is 10.9. The van der Waals surface area contributed by atoms with Crippen molar-refractivity contribution in [1.82, 2.24) is 0 Å². The highest BCUT2D eigenvalue weighted by Gasteiger charge is 2.00. The van der Waals surface area contributed by atoms with Crippen LogP contribution < -0.4 is 10.6 Å². The number of nitrogens with two attached hydrogens (primary N) is 2. The quantitative estimate of drug-likeness (QED) is 0.303. The molecule has 0 aromatic rings. The van der Waals surface area contributed by atoms with Gasteiger partial charge in [0.1, 0.15) is 13.1 Å². The van der Waals surface area contributed by atoms with Gasteiger partial charge in [0.15, 0.2) is 0 Å². The van der Waals surface area contributed by atoms with E-state index in [0.29, 0.717) is 13.1 Å². The molecule has 0 aromatic heterocycles. The summed E-state index contributed by atoms with van der Waals surface area (Å²) in [6.45, 7) is 2.82. The first kappa shape index (κ1) is 12.9. The van der Waals surface area contributed by atoms with E-state index < -0.39 is 11.9 Å². The van der Waals surface area contributed by atoms with E-state index in [9.17, 15) is 9.59 Å². The molecular formula is C8H18N2O4+2. The van der Waals surface area contributed by atoms with Gasteiger partial charge in [-0.1, -0.05) is 0 Å². The van der Waals surface area contributed by atoms with Crippen LogP contribution >= 0.6 is 0 Å². The van der Waals surface area contributed by atoms with Gasteiger partial charge in [0.25, 0.3) is 0 Å². The third-order valence-electron chi connectivity index (χ3n) is 1.70. The van der Waals surface area contributed by atoms with Crippen molar-refractivity contribution in [3.63, 3.8) is 0 Å². The number of carboxylic acid groups (broad SMARTS) is 2. The predicted molar refractivity (Wildman–Crippen MR) is 47.8 cm³/mol. The molecule has 6 heteroatoms. The lowest BCUT2D eigenvalue weighted by atomic mass is 10.4. The Balaban J connectivity index is 2.99. The van der Waals surface area contributed by atoms with E-state index in [1.165, 1.54) is 0 Å². The smallest absolute Gasteiger partial charge is 0.309 e. The molecule has 0 unspecified atom stereocenters. The van der Waals surface area contributed by atoms with E-state index in [2.05, 4.69) is 0 Å². The number of hydrogen-bond acceptors (Lipinski definition) is 2. The fourth-order valence-electron chi connectivity index (χ4n) is 0.975. The average molecular weight is 206 g/mol. The molecule has 0 aliphatic rings. The van der Waals surface area contributed by atoms with Gasteiger partial charge in [0, 0.05) is 0 Å². The van der Waals surface area contributed by atoms with Gasteiger partial charge in [-0.25, -0.2) is 0 Å². The van der Waals surface area contributed by atoms with Crippen LogP contribution in [0.4, 0.5) is 0 Å². The van der Waals surface area contributed by atoms with Crippen molar-refractivity contribution >= 4 is 11.9 Å². The van der Waals surface area contributed by atoms with Gasteiger partial charge >= 0.3 is 11.9 Å². The summed E-state index contributed by atoms with van der Waals surface area (Å²) in [5.74, 6) is -1.56. The second-order valence-electron chi connectivity index (χ2n) is 3.02. The summed E-state index contributed by atoms with van der Waals surface area (Å²) in [4.78, 5) is 20.2. The van der Waals surface area contributed by atoms with Crippen molar-refractivity contribution in [3.8, 4) is 0 Å². The maximum Gasteiger partial charge on any atom is 0.309 e. The van der Waals surface area contributed by atoms with Crippen LogP contribution in [-0.4, -0.2) is 48.3 Å². The van der Waals surface area contributed by atoms with Crippen LogP contribution in [0.5, 0.6) is 0 Å². The fourth-order valence-corrected chi connectivity index (χ4v) is 0.975. The largest absolute Gasteiger partial charge is 0.481 e. The Morgan fingerprint density at radius 2 is 1.14 bits per heavy atom. The zero-order valence-corrected chi connectivity index (χ0v) is 8.11. The standard InChI is InChI=1S/C8H16N2O4/c11-7(12)1-3-9-5-6-10-4-2-8(13)14/h9-10H,1-6H2,(H,11,12)(H,13,14)/p+2. The Bertz CT molecular complexity index is 164. The zero-order chi connectivity index (χ0) is 10.8. The molecule has 0 atom stereocenters. The molecule has 6 nitrogen and oxygen atoms in total. The Morgan fingerprint density at radius 3 is 1.43 bits per heavy atom. The summed E-state index contributed by atoms with van der Waals surface area (Å²) < 4.78 is 0. The average Bonchev–Trinajstić information content (AvgIpc) is 2.08. The molecule has 6 N–H and O–H groups in total. The zero-order valence-electron chi connectivity index (χ0n) is 8.11. The number of quaternary nitrogens is 2. The van der Waals surface area contributed by atoms with Crippen LogP contribution in [0.3, 0.4) is 0 Å². The molecule has 0 saturated carbocycles. The van der Waals surface area contributed by atoms with Crippen molar-refractivity contribution < 1.29 is 30.4 Å². The molecule has 0 fully saturated rings. The summed E-state index contributed by atoms with van der Waals surface area (Å²) in [6, 6.07) is 0. The van der Waals surface area contributed by atoms with Crippen LogP contribution in [-0.2, 0) is 9.59 Å². The Morgan fingerprint density at radius 1 is 0.786 bits per heavy atom. The summed E-state index contributed by atoms with van der Waals surface area (Å²) >= 11 is 0. The topological polar surface area (TPSA) is 108 Å². The number of carboxylic acids is 2. The molecule has 0 aliphatic carbocycles. The number of aliphatic carboxylic acids is 2. The Hall–Kier alpha value is -1.14. The molecule has 14 heavy (non-hydrogen) atoms. The van der Waals surface area contributed by atoms with E-state index in [4.69, 9.17) is 10.2 Å². The van der Waals surface area contributed by atoms with Gasteiger partial charge < -0.3 is 20.8 Å². The molecule has 0 aliphatic heterocycles. The van der Waals surface area contributed by atoms with Crippen molar-refractivity contribution in [1.29, 1.82) is 0 Å². The lowest BCUT2D eigenvalue weighted by molar-refractivity contribution is -0.722. The van der Waals surface area contributed by atoms with Crippen molar-refractivity contribution in [2.24, 2.45) is 0 Å². The molecular weight excluding hydrogens is 188 g/mol. The Kier molecular flexibility index (Phi) is 7.77. The van der Waals surface area contributed by atoms with E-state index >= 15 is 0 Å². The van der Waals surface area contributed by atoms with E-state index in [1.54, 1.807) is 0 Å². The van der Waals surface area contributed by atoms with Gasteiger partial charge in [-0.3, -0.25) is 9.59 Å². The SMILES string of the molecule is O=C(O)CC[NH2+]CC[NH2+]CCC(=O)O. The molecule has 0 aromatic carbocycles. The maximum atomic E-state index is 10.1. The van der Waals surface area contributed by atoms with Crippen LogP contribution in [0.25, 0.3) is 0 Å². The van der Waals surface area contributed by atoms with Gasteiger partial charge in [-0.15, -0.1) is 0 Å². The Labute approximate surface area is 82.3 Å². The number of hydrogen-bond donors (Lipinski definition) is 4. The monoisotopic (exact) mass is 206 g/mol. The first-order chi connectivity index (χ1) is 6.63. The molecule has 82 valence electrons. The van der Waals surface area contributed by atoms with Crippen LogP contribution in [0.15, 0.2) is 0 Å². The molecule has 0 radical (unpaired) electrons. The minimum atomic E-state index is -0.781. The molecule has 0 bridgehead atoms. The van der Waals surface area contributed by atoms with Crippen molar-refractivity contribution in [3.05, 3.63) is 0 Å². The minimum absolute atomic E-state index is 0.176. The predicted octanol–water partition coefficient (Wildman–Crippen LogP) is -2.94. The van der Waals surface area contributed by atoms with Crippen LogP contribution in [0.2, 0.25) is 0 Å². The number of carbonyl (C=O) groups is 2. The molecule has 0 rings (SSSR count). The fraction of sp³-hybridized carbons (Fsp3) is 0.750. The first-order valence-corrected chi connectivity index (χ1v) is 4.70. The van der Waals surface area contributed by atoms with Crippen molar-refractivity contribution in [2.45, 2.75) is 12.8 Å². The molecule has 0 spiro atoms. The highest BCUT2D eigenvalue weighted by molar-refractivity contribution is 5.66. The summed E-state index contributed by atoms with van der Waals surface area (Å²) in [5.41, 5.74) is 0. The normalized spacial score (nSPS) is 10.0.